The highest BCUT2D eigenvalue weighted by atomic mass is 16.5. The van der Waals surface area contributed by atoms with Crippen molar-refractivity contribution >= 4 is 5.91 Å². The summed E-state index contributed by atoms with van der Waals surface area (Å²) in [5.41, 5.74) is 0.680. The Hall–Kier alpha value is -0.610. The fourth-order valence-electron chi connectivity index (χ4n) is 3.11. The average Bonchev–Trinajstić information content (AvgIpc) is 2.68. The van der Waals surface area contributed by atoms with Crippen LogP contribution in [-0.4, -0.2) is 38.3 Å². The molecule has 0 aromatic heterocycles. The molecule has 2 rings (SSSR count). The van der Waals surface area contributed by atoms with Crippen LogP contribution in [0.4, 0.5) is 0 Å². The molecule has 1 saturated heterocycles. The first kappa shape index (κ1) is 13.8. The molecule has 1 atom stereocenters. The van der Waals surface area contributed by atoms with Crippen molar-refractivity contribution in [1.29, 1.82) is 0 Å². The third-order valence-corrected chi connectivity index (χ3v) is 5.25. The van der Waals surface area contributed by atoms with Crippen LogP contribution in [0.2, 0.25) is 0 Å². The van der Waals surface area contributed by atoms with Crippen LogP contribution >= 0.6 is 0 Å². The van der Waals surface area contributed by atoms with Crippen molar-refractivity contribution in [2.45, 2.75) is 40.2 Å². The summed E-state index contributed by atoms with van der Waals surface area (Å²) in [5.74, 6) is 0.723. The minimum atomic E-state index is 0.136. The van der Waals surface area contributed by atoms with E-state index in [1.54, 1.807) is 0 Å². The van der Waals surface area contributed by atoms with Gasteiger partial charge in [-0.05, 0) is 16.7 Å². The largest absolute Gasteiger partial charge is 0.378 e. The van der Waals surface area contributed by atoms with Crippen molar-refractivity contribution in [3.8, 4) is 0 Å². The van der Waals surface area contributed by atoms with Crippen LogP contribution in [0, 0.1) is 16.7 Å². The van der Waals surface area contributed by atoms with Gasteiger partial charge in [0.1, 0.15) is 0 Å². The van der Waals surface area contributed by atoms with Crippen molar-refractivity contribution < 1.29 is 9.53 Å². The fourth-order valence-corrected chi connectivity index (χ4v) is 3.11. The van der Waals surface area contributed by atoms with E-state index in [0.29, 0.717) is 29.8 Å². The average molecular weight is 254 g/mol. The zero-order valence-electron chi connectivity index (χ0n) is 12.0. The van der Waals surface area contributed by atoms with E-state index in [1.807, 2.05) is 0 Å². The van der Waals surface area contributed by atoms with Crippen LogP contribution in [0.5, 0.6) is 0 Å². The summed E-state index contributed by atoms with van der Waals surface area (Å²) < 4.78 is 5.34. The molecule has 1 unspecified atom stereocenters. The molecule has 0 aromatic carbocycles. The Balaban J connectivity index is 1.70. The first-order valence-corrected chi connectivity index (χ1v) is 6.93. The van der Waals surface area contributed by atoms with E-state index in [0.717, 1.165) is 19.7 Å². The molecule has 0 aromatic rings. The molecule has 0 spiro atoms. The summed E-state index contributed by atoms with van der Waals surface area (Å²) in [6.45, 7) is 12.2. The highest BCUT2D eigenvalue weighted by Crippen LogP contribution is 2.67. The maximum absolute atomic E-state index is 11.9. The molecule has 1 amide bonds. The Morgan fingerprint density at radius 3 is 2.50 bits per heavy atom. The Morgan fingerprint density at radius 2 is 2.00 bits per heavy atom. The van der Waals surface area contributed by atoms with Gasteiger partial charge in [-0.1, -0.05) is 27.7 Å². The lowest BCUT2D eigenvalue weighted by molar-refractivity contribution is -0.122. The van der Waals surface area contributed by atoms with E-state index < -0.39 is 0 Å². The summed E-state index contributed by atoms with van der Waals surface area (Å²) in [4.78, 5) is 11.9. The van der Waals surface area contributed by atoms with Gasteiger partial charge in [-0.25, -0.2) is 0 Å². The molecule has 104 valence electrons. The molecule has 4 heteroatoms. The molecule has 0 radical (unpaired) electrons. The maximum atomic E-state index is 11.9. The van der Waals surface area contributed by atoms with E-state index in [-0.39, 0.29) is 11.9 Å². The lowest BCUT2D eigenvalue weighted by Crippen LogP contribution is -2.44. The smallest absolute Gasteiger partial charge is 0.221 e. The lowest BCUT2D eigenvalue weighted by Gasteiger charge is -2.23. The molecule has 1 aliphatic heterocycles. The zero-order chi connectivity index (χ0) is 13.4. The third-order valence-electron chi connectivity index (χ3n) is 5.25. The molecule has 2 aliphatic rings. The van der Waals surface area contributed by atoms with Crippen molar-refractivity contribution in [1.82, 2.24) is 10.6 Å². The van der Waals surface area contributed by atoms with E-state index in [1.165, 1.54) is 0 Å². The molecule has 4 nitrogen and oxygen atoms in total. The first-order valence-electron chi connectivity index (χ1n) is 6.93. The van der Waals surface area contributed by atoms with Crippen molar-refractivity contribution in [3.63, 3.8) is 0 Å². The van der Waals surface area contributed by atoms with Gasteiger partial charge < -0.3 is 15.4 Å². The SMILES string of the molecule is CC1(C)C(CNC(=O)CC2COCCN2)C1(C)C. The number of rotatable bonds is 4. The standard InChI is InChI=1S/C14H26N2O2/c1-13(2)11(14(13,3)4)8-16-12(17)7-10-9-18-6-5-15-10/h10-11,15H,5-9H2,1-4H3,(H,16,17). The van der Waals surface area contributed by atoms with E-state index in [4.69, 9.17) is 4.74 Å². The van der Waals surface area contributed by atoms with Crippen LogP contribution in [-0.2, 0) is 9.53 Å². The summed E-state index contributed by atoms with van der Waals surface area (Å²) in [5, 5.41) is 6.37. The second kappa shape index (κ2) is 4.82. The second-order valence-corrected chi connectivity index (χ2v) is 6.73. The van der Waals surface area contributed by atoms with Crippen molar-refractivity contribution in [3.05, 3.63) is 0 Å². The molecular formula is C14H26N2O2. The summed E-state index contributed by atoms with van der Waals surface area (Å²) in [6.07, 6.45) is 0.521. The van der Waals surface area contributed by atoms with Gasteiger partial charge in [0, 0.05) is 25.6 Å². The van der Waals surface area contributed by atoms with Crippen LogP contribution in [0.3, 0.4) is 0 Å². The Morgan fingerprint density at radius 1 is 1.33 bits per heavy atom. The summed E-state index contributed by atoms with van der Waals surface area (Å²) in [6, 6.07) is 0.180. The normalized spacial score (nSPS) is 29.9. The molecule has 1 saturated carbocycles. The van der Waals surface area contributed by atoms with Crippen molar-refractivity contribution in [2.75, 3.05) is 26.3 Å². The van der Waals surface area contributed by atoms with Gasteiger partial charge in [-0.2, -0.15) is 0 Å². The molecule has 18 heavy (non-hydrogen) atoms. The van der Waals surface area contributed by atoms with Crippen molar-refractivity contribution in [2.24, 2.45) is 16.7 Å². The molecule has 1 heterocycles. The number of hydrogen-bond acceptors (Lipinski definition) is 3. The first-order chi connectivity index (χ1) is 8.35. The van der Waals surface area contributed by atoms with Gasteiger partial charge in [0.15, 0.2) is 0 Å². The zero-order valence-corrected chi connectivity index (χ0v) is 12.0. The minimum Gasteiger partial charge on any atom is -0.378 e. The Kier molecular flexibility index (Phi) is 3.70. The second-order valence-electron chi connectivity index (χ2n) is 6.73. The number of morpholine rings is 1. The van der Waals surface area contributed by atoms with Gasteiger partial charge >= 0.3 is 0 Å². The topological polar surface area (TPSA) is 50.4 Å². The summed E-state index contributed by atoms with van der Waals surface area (Å²) >= 11 is 0. The molecule has 2 fully saturated rings. The van der Waals surface area contributed by atoms with E-state index in [2.05, 4.69) is 38.3 Å². The fraction of sp³-hybridized carbons (Fsp3) is 0.929. The number of amides is 1. The predicted molar refractivity (Wildman–Crippen MR) is 71.3 cm³/mol. The van der Waals surface area contributed by atoms with Crippen LogP contribution < -0.4 is 10.6 Å². The number of hydrogen-bond donors (Lipinski definition) is 2. The summed E-state index contributed by atoms with van der Waals surface area (Å²) in [7, 11) is 0. The van der Waals surface area contributed by atoms with Gasteiger partial charge in [0.2, 0.25) is 5.91 Å². The van der Waals surface area contributed by atoms with Gasteiger partial charge in [0.05, 0.1) is 13.2 Å². The predicted octanol–water partition coefficient (Wildman–Crippen LogP) is 1.16. The quantitative estimate of drug-likeness (QED) is 0.791. The molecule has 2 N–H and O–H groups in total. The maximum Gasteiger partial charge on any atom is 0.221 e. The highest BCUT2D eigenvalue weighted by Gasteiger charge is 2.64. The minimum absolute atomic E-state index is 0.136. The number of carbonyl (C=O) groups is 1. The highest BCUT2D eigenvalue weighted by molar-refractivity contribution is 5.76. The Labute approximate surface area is 110 Å². The van der Waals surface area contributed by atoms with E-state index >= 15 is 0 Å². The van der Waals surface area contributed by atoms with Gasteiger partial charge in [-0.15, -0.1) is 0 Å². The third kappa shape index (κ3) is 2.54. The monoisotopic (exact) mass is 254 g/mol. The van der Waals surface area contributed by atoms with Crippen LogP contribution in [0.1, 0.15) is 34.1 Å². The van der Waals surface area contributed by atoms with Gasteiger partial charge in [0.25, 0.3) is 0 Å². The van der Waals surface area contributed by atoms with E-state index in [9.17, 15) is 4.79 Å². The number of ether oxygens (including phenoxy) is 1. The lowest BCUT2D eigenvalue weighted by atomic mass is 10.0. The number of carbonyl (C=O) groups excluding carboxylic acids is 1. The van der Waals surface area contributed by atoms with Crippen LogP contribution in [0.25, 0.3) is 0 Å². The van der Waals surface area contributed by atoms with Gasteiger partial charge in [-0.3, -0.25) is 4.79 Å². The molecular weight excluding hydrogens is 228 g/mol. The molecule has 0 bridgehead atoms. The number of nitrogens with one attached hydrogen (secondary N) is 2. The molecule has 1 aliphatic carbocycles. The van der Waals surface area contributed by atoms with Crippen LogP contribution in [0.15, 0.2) is 0 Å². The Bertz CT molecular complexity index is 306.